The average Bonchev–Trinajstić information content (AvgIpc) is 2.58. The molecule has 0 heterocycles. The van der Waals surface area contributed by atoms with E-state index < -0.39 is 0 Å². The fourth-order valence-electron chi connectivity index (χ4n) is 2.82. The molecule has 0 spiro atoms. The summed E-state index contributed by atoms with van der Waals surface area (Å²) in [4.78, 5) is 14.6. The second-order valence-corrected chi connectivity index (χ2v) is 7.88. The minimum Gasteiger partial charge on any atom is -0.395 e. The number of rotatable bonds is 8. The van der Waals surface area contributed by atoms with Crippen LogP contribution in [0.15, 0.2) is 53.0 Å². The van der Waals surface area contributed by atoms with Crippen LogP contribution in [0.25, 0.3) is 0 Å². The van der Waals surface area contributed by atoms with E-state index in [4.69, 9.17) is 11.6 Å². The van der Waals surface area contributed by atoms with Crippen LogP contribution in [0, 0.1) is 5.92 Å². The van der Waals surface area contributed by atoms with Crippen LogP contribution in [0.1, 0.15) is 19.4 Å². The Kier molecular flexibility index (Phi) is 8.10. The molecule has 0 aliphatic carbocycles. The van der Waals surface area contributed by atoms with Crippen molar-refractivity contribution in [3.8, 4) is 0 Å². The lowest BCUT2D eigenvalue weighted by Gasteiger charge is -2.32. The SMILES string of the molecule is CC(C)C(CO)N(CC(=O)Nc1ccc(Br)cc1Cl)Cc1ccccc1. The molecule has 6 heteroatoms. The average molecular weight is 440 g/mol. The number of benzene rings is 2. The summed E-state index contributed by atoms with van der Waals surface area (Å²) in [5, 5.41) is 13.2. The summed E-state index contributed by atoms with van der Waals surface area (Å²) in [5.74, 6) is 0.0528. The number of hydrogen-bond donors (Lipinski definition) is 2. The Morgan fingerprint density at radius 1 is 1.23 bits per heavy atom. The van der Waals surface area contributed by atoms with Crippen LogP contribution in [0.4, 0.5) is 5.69 Å². The summed E-state index contributed by atoms with van der Waals surface area (Å²) in [6.45, 7) is 4.85. The molecule has 0 saturated carbocycles. The highest BCUT2D eigenvalue weighted by Crippen LogP contribution is 2.25. The van der Waals surface area contributed by atoms with Gasteiger partial charge in [-0.05, 0) is 29.7 Å². The third kappa shape index (κ3) is 6.09. The van der Waals surface area contributed by atoms with E-state index in [1.54, 1.807) is 12.1 Å². The molecule has 1 unspecified atom stereocenters. The lowest BCUT2D eigenvalue weighted by molar-refractivity contribution is -0.118. The van der Waals surface area contributed by atoms with Gasteiger partial charge in [0.25, 0.3) is 0 Å². The molecular formula is C20H24BrClN2O2. The Labute approximate surface area is 168 Å². The van der Waals surface area contributed by atoms with Gasteiger partial charge in [-0.2, -0.15) is 0 Å². The van der Waals surface area contributed by atoms with E-state index in [0.717, 1.165) is 10.0 Å². The number of nitrogens with zero attached hydrogens (tertiary/aromatic N) is 1. The van der Waals surface area contributed by atoms with Gasteiger partial charge in [-0.25, -0.2) is 0 Å². The van der Waals surface area contributed by atoms with E-state index in [2.05, 4.69) is 21.2 Å². The molecule has 1 amide bonds. The molecule has 2 aromatic rings. The Balaban J connectivity index is 2.12. The second-order valence-electron chi connectivity index (χ2n) is 6.56. The van der Waals surface area contributed by atoms with Crippen molar-refractivity contribution in [3.05, 3.63) is 63.6 Å². The highest BCUT2D eigenvalue weighted by atomic mass is 79.9. The molecule has 0 bridgehead atoms. The molecule has 0 aliphatic rings. The van der Waals surface area contributed by atoms with Gasteiger partial charge < -0.3 is 10.4 Å². The smallest absolute Gasteiger partial charge is 0.238 e. The van der Waals surface area contributed by atoms with Gasteiger partial charge >= 0.3 is 0 Å². The van der Waals surface area contributed by atoms with Crippen molar-refractivity contribution in [2.24, 2.45) is 5.92 Å². The molecule has 2 N–H and O–H groups in total. The number of hydrogen-bond acceptors (Lipinski definition) is 3. The third-order valence-corrected chi connectivity index (χ3v) is 5.01. The number of carbonyl (C=O) groups is 1. The maximum Gasteiger partial charge on any atom is 0.238 e. The first-order valence-electron chi connectivity index (χ1n) is 8.54. The van der Waals surface area contributed by atoms with Crippen molar-refractivity contribution in [1.29, 1.82) is 0 Å². The maximum atomic E-state index is 12.6. The van der Waals surface area contributed by atoms with Crippen LogP contribution < -0.4 is 5.32 Å². The van der Waals surface area contributed by atoms with E-state index in [9.17, 15) is 9.90 Å². The van der Waals surface area contributed by atoms with Gasteiger partial charge in [0.2, 0.25) is 5.91 Å². The molecule has 2 rings (SSSR count). The number of aliphatic hydroxyl groups excluding tert-OH is 1. The summed E-state index contributed by atoms with van der Waals surface area (Å²) in [6.07, 6.45) is 0. The van der Waals surface area contributed by atoms with Gasteiger partial charge in [0.05, 0.1) is 23.9 Å². The van der Waals surface area contributed by atoms with Crippen LogP contribution in [-0.4, -0.2) is 35.1 Å². The fourth-order valence-corrected chi connectivity index (χ4v) is 3.54. The Bertz CT molecular complexity index is 725. The molecule has 0 radical (unpaired) electrons. The molecule has 0 saturated heterocycles. The molecule has 1 atom stereocenters. The molecular weight excluding hydrogens is 416 g/mol. The highest BCUT2D eigenvalue weighted by molar-refractivity contribution is 9.10. The van der Waals surface area contributed by atoms with Crippen molar-refractivity contribution in [2.45, 2.75) is 26.4 Å². The first-order chi connectivity index (χ1) is 12.4. The van der Waals surface area contributed by atoms with Crippen molar-refractivity contribution >= 4 is 39.1 Å². The van der Waals surface area contributed by atoms with E-state index in [1.807, 2.05) is 55.1 Å². The number of anilines is 1. The zero-order valence-electron chi connectivity index (χ0n) is 15.0. The van der Waals surface area contributed by atoms with Gasteiger partial charge in [-0.3, -0.25) is 9.69 Å². The van der Waals surface area contributed by atoms with Crippen molar-refractivity contribution < 1.29 is 9.90 Å². The number of nitrogens with one attached hydrogen (secondary N) is 1. The van der Waals surface area contributed by atoms with Crippen LogP contribution in [0.2, 0.25) is 5.02 Å². The number of aliphatic hydroxyl groups is 1. The number of amides is 1. The van der Waals surface area contributed by atoms with E-state index >= 15 is 0 Å². The summed E-state index contributed by atoms with van der Waals surface area (Å²) < 4.78 is 0.853. The third-order valence-electron chi connectivity index (χ3n) is 4.21. The quantitative estimate of drug-likeness (QED) is 0.634. The minimum absolute atomic E-state index is 0.00315. The van der Waals surface area contributed by atoms with Crippen molar-refractivity contribution in [3.63, 3.8) is 0 Å². The maximum absolute atomic E-state index is 12.6. The topological polar surface area (TPSA) is 52.6 Å². The van der Waals surface area contributed by atoms with Crippen LogP contribution in [0.5, 0.6) is 0 Å². The predicted molar refractivity (Wildman–Crippen MR) is 110 cm³/mol. The van der Waals surface area contributed by atoms with Crippen molar-refractivity contribution in [1.82, 2.24) is 4.90 Å². The van der Waals surface area contributed by atoms with Gasteiger partial charge in [0, 0.05) is 17.1 Å². The van der Waals surface area contributed by atoms with Crippen LogP contribution in [-0.2, 0) is 11.3 Å². The zero-order valence-corrected chi connectivity index (χ0v) is 17.3. The van der Waals surface area contributed by atoms with E-state index in [0.29, 0.717) is 17.3 Å². The van der Waals surface area contributed by atoms with E-state index in [-0.39, 0.29) is 31.0 Å². The summed E-state index contributed by atoms with van der Waals surface area (Å²) in [7, 11) is 0. The molecule has 2 aromatic carbocycles. The van der Waals surface area contributed by atoms with Crippen LogP contribution >= 0.6 is 27.5 Å². The Hall–Kier alpha value is -1.40. The first-order valence-corrected chi connectivity index (χ1v) is 9.71. The normalized spacial score (nSPS) is 12.4. The number of halogens is 2. The highest BCUT2D eigenvalue weighted by Gasteiger charge is 2.24. The van der Waals surface area contributed by atoms with E-state index in [1.165, 1.54) is 0 Å². The fraction of sp³-hybridized carbons (Fsp3) is 0.350. The first kappa shape index (κ1) is 20.9. The Morgan fingerprint density at radius 2 is 1.92 bits per heavy atom. The van der Waals surface area contributed by atoms with Crippen LogP contribution in [0.3, 0.4) is 0 Å². The zero-order chi connectivity index (χ0) is 19.1. The molecule has 4 nitrogen and oxygen atoms in total. The monoisotopic (exact) mass is 438 g/mol. The second kappa shape index (κ2) is 10.1. The van der Waals surface area contributed by atoms with Gasteiger partial charge in [0.15, 0.2) is 0 Å². The number of carbonyl (C=O) groups excluding carboxylic acids is 1. The van der Waals surface area contributed by atoms with Gasteiger partial charge in [-0.15, -0.1) is 0 Å². The summed E-state index contributed by atoms with van der Waals surface area (Å²) in [5.41, 5.74) is 1.67. The predicted octanol–water partition coefficient (Wildman–Crippen LogP) is 4.56. The minimum atomic E-state index is -0.163. The van der Waals surface area contributed by atoms with Gasteiger partial charge in [-0.1, -0.05) is 71.7 Å². The molecule has 0 aliphatic heterocycles. The largest absolute Gasteiger partial charge is 0.395 e. The summed E-state index contributed by atoms with van der Waals surface area (Å²) in [6, 6.07) is 15.2. The lowest BCUT2D eigenvalue weighted by Crippen LogP contribution is -2.45. The van der Waals surface area contributed by atoms with Crippen molar-refractivity contribution in [2.75, 3.05) is 18.5 Å². The molecule has 140 valence electrons. The van der Waals surface area contributed by atoms with Gasteiger partial charge in [0.1, 0.15) is 0 Å². The summed E-state index contributed by atoms with van der Waals surface area (Å²) >= 11 is 9.53. The Morgan fingerprint density at radius 3 is 2.50 bits per heavy atom. The lowest BCUT2D eigenvalue weighted by atomic mass is 10.0. The standard InChI is InChI=1S/C20H24BrClN2O2/c1-14(2)19(13-25)24(11-15-6-4-3-5-7-15)12-20(26)23-18-9-8-16(21)10-17(18)22/h3-10,14,19,25H,11-13H2,1-2H3,(H,23,26). The molecule has 26 heavy (non-hydrogen) atoms. The molecule has 0 aromatic heterocycles. The molecule has 0 fully saturated rings.